The Balaban J connectivity index is 2.34. The van der Waals surface area contributed by atoms with Crippen LogP contribution < -0.4 is 10.5 Å². The predicted octanol–water partition coefficient (Wildman–Crippen LogP) is 4.84. The highest BCUT2D eigenvalue weighted by molar-refractivity contribution is 6.30. The van der Waals surface area contributed by atoms with E-state index in [9.17, 15) is 5.26 Å². The van der Waals surface area contributed by atoms with E-state index in [1.54, 1.807) is 19.2 Å². The van der Waals surface area contributed by atoms with E-state index in [4.69, 9.17) is 22.1 Å². The highest BCUT2D eigenvalue weighted by Gasteiger charge is 2.20. The third-order valence-electron chi connectivity index (χ3n) is 4.07. The van der Waals surface area contributed by atoms with Gasteiger partial charge in [0.2, 0.25) is 0 Å². The van der Waals surface area contributed by atoms with Crippen LogP contribution in [-0.2, 0) is 0 Å². The van der Waals surface area contributed by atoms with Crippen LogP contribution >= 0.6 is 11.6 Å². The van der Waals surface area contributed by atoms with Gasteiger partial charge in [-0.15, -0.1) is 0 Å². The zero-order valence-electron chi connectivity index (χ0n) is 13.9. The average Bonchev–Trinajstić information content (AvgIpc) is 2.63. The van der Waals surface area contributed by atoms with Crippen LogP contribution in [-0.4, -0.2) is 12.1 Å². The molecule has 0 amide bonds. The number of benzene rings is 2. The van der Waals surface area contributed by atoms with Crippen LogP contribution in [0.3, 0.4) is 0 Å². The van der Waals surface area contributed by atoms with E-state index < -0.39 is 0 Å². The molecular weight excluding hydrogens is 334 g/mol. The van der Waals surface area contributed by atoms with E-state index in [0.29, 0.717) is 22.0 Å². The molecule has 0 radical (unpaired) electrons. The summed E-state index contributed by atoms with van der Waals surface area (Å²) in [5.41, 5.74) is 10.4. The molecule has 2 aromatic carbocycles. The van der Waals surface area contributed by atoms with Crippen LogP contribution in [0, 0.1) is 18.3 Å². The number of hydrogen-bond donors (Lipinski definition) is 1. The Kier molecular flexibility index (Phi) is 4.60. The Labute approximate surface area is 151 Å². The van der Waals surface area contributed by atoms with Crippen molar-refractivity contribution in [1.29, 1.82) is 5.26 Å². The lowest BCUT2D eigenvalue weighted by Gasteiger charge is -2.17. The first-order valence-electron chi connectivity index (χ1n) is 7.66. The summed E-state index contributed by atoms with van der Waals surface area (Å²) in [6.07, 6.45) is 0. The predicted molar refractivity (Wildman–Crippen MR) is 101 cm³/mol. The van der Waals surface area contributed by atoms with Gasteiger partial charge in [-0.05, 0) is 30.7 Å². The fraction of sp³-hybridized carbons (Fsp3) is 0.100. The van der Waals surface area contributed by atoms with Crippen molar-refractivity contribution in [1.82, 2.24) is 4.98 Å². The van der Waals surface area contributed by atoms with Gasteiger partial charge in [-0.1, -0.05) is 41.9 Å². The van der Waals surface area contributed by atoms with Gasteiger partial charge in [0, 0.05) is 21.7 Å². The summed E-state index contributed by atoms with van der Waals surface area (Å²) in [6, 6.07) is 17.1. The lowest BCUT2D eigenvalue weighted by molar-refractivity contribution is 0.416. The molecule has 4 nitrogen and oxygen atoms in total. The molecule has 0 saturated heterocycles. The highest BCUT2D eigenvalue weighted by Crippen LogP contribution is 2.39. The van der Waals surface area contributed by atoms with Crippen LogP contribution in [0.5, 0.6) is 5.75 Å². The van der Waals surface area contributed by atoms with Crippen molar-refractivity contribution in [2.75, 3.05) is 12.8 Å². The number of nitrogens with zero attached hydrogens (tertiary/aromatic N) is 2. The van der Waals surface area contributed by atoms with Gasteiger partial charge in [0.25, 0.3) is 0 Å². The molecule has 0 fully saturated rings. The van der Waals surface area contributed by atoms with Crippen LogP contribution in [0.15, 0.2) is 48.5 Å². The molecule has 0 atom stereocenters. The van der Waals surface area contributed by atoms with Gasteiger partial charge in [-0.3, -0.25) is 0 Å². The Morgan fingerprint density at radius 3 is 2.44 bits per heavy atom. The second-order valence-electron chi connectivity index (χ2n) is 5.54. The number of nitrogen functional groups attached to an aromatic ring is 1. The summed E-state index contributed by atoms with van der Waals surface area (Å²) in [4.78, 5) is 4.46. The fourth-order valence-electron chi connectivity index (χ4n) is 2.88. The smallest absolute Gasteiger partial charge is 0.142 e. The molecule has 1 heterocycles. The molecule has 0 bridgehead atoms. The molecule has 0 aliphatic carbocycles. The number of anilines is 1. The van der Waals surface area contributed by atoms with Crippen LogP contribution in [0.2, 0.25) is 5.02 Å². The molecule has 0 aliphatic rings. The van der Waals surface area contributed by atoms with Crippen LogP contribution in [0.25, 0.3) is 22.4 Å². The van der Waals surface area contributed by atoms with E-state index >= 15 is 0 Å². The second-order valence-corrected chi connectivity index (χ2v) is 5.98. The van der Waals surface area contributed by atoms with Gasteiger partial charge in [0.1, 0.15) is 23.2 Å². The summed E-state index contributed by atoms with van der Waals surface area (Å²) in [6.45, 7) is 1.93. The van der Waals surface area contributed by atoms with Gasteiger partial charge in [-0.25, -0.2) is 4.98 Å². The van der Waals surface area contributed by atoms with Crippen molar-refractivity contribution < 1.29 is 4.74 Å². The Morgan fingerprint density at radius 2 is 1.80 bits per heavy atom. The fourth-order valence-corrected chi connectivity index (χ4v) is 3.01. The largest absolute Gasteiger partial charge is 0.496 e. The highest BCUT2D eigenvalue weighted by atomic mass is 35.5. The lowest BCUT2D eigenvalue weighted by Crippen LogP contribution is -2.04. The average molecular weight is 350 g/mol. The molecule has 2 N–H and O–H groups in total. The molecule has 25 heavy (non-hydrogen) atoms. The third kappa shape index (κ3) is 3.02. The molecule has 0 spiro atoms. The van der Waals surface area contributed by atoms with E-state index in [1.807, 2.05) is 43.3 Å². The lowest BCUT2D eigenvalue weighted by atomic mass is 9.92. The third-order valence-corrected chi connectivity index (χ3v) is 4.33. The molecule has 1 aromatic heterocycles. The van der Waals surface area contributed by atoms with Crippen molar-refractivity contribution in [2.45, 2.75) is 6.92 Å². The standard InChI is InChI=1S/C20H16ClN3O/c1-12-18(15-5-3-4-6-17(15)25-2)16(11-22)20(23)24-19(12)13-7-9-14(21)10-8-13/h3-10H,1-2H3,(H2,23,24). The molecule has 0 saturated carbocycles. The van der Waals surface area contributed by atoms with Crippen LogP contribution in [0.4, 0.5) is 5.82 Å². The molecule has 124 valence electrons. The summed E-state index contributed by atoms with van der Waals surface area (Å²) in [5.74, 6) is 0.869. The van der Waals surface area contributed by atoms with Crippen molar-refractivity contribution in [3.8, 4) is 34.2 Å². The topological polar surface area (TPSA) is 71.9 Å². The first-order chi connectivity index (χ1) is 12.1. The minimum atomic E-state index is 0.193. The zero-order valence-corrected chi connectivity index (χ0v) is 14.6. The quantitative estimate of drug-likeness (QED) is 0.734. The number of para-hydroxylation sites is 1. The molecule has 3 rings (SSSR count). The summed E-state index contributed by atoms with van der Waals surface area (Å²) >= 11 is 5.98. The number of hydrogen-bond acceptors (Lipinski definition) is 4. The summed E-state index contributed by atoms with van der Waals surface area (Å²) in [5, 5.41) is 10.3. The molecule has 3 aromatic rings. The number of rotatable bonds is 3. The van der Waals surface area contributed by atoms with Crippen molar-refractivity contribution in [2.24, 2.45) is 0 Å². The Hall–Kier alpha value is -3.03. The van der Waals surface area contributed by atoms with Crippen molar-refractivity contribution in [3.63, 3.8) is 0 Å². The second kappa shape index (κ2) is 6.84. The monoisotopic (exact) mass is 349 g/mol. The Bertz CT molecular complexity index is 975. The van der Waals surface area contributed by atoms with Gasteiger partial charge in [0.15, 0.2) is 0 Å². The maximum atomic E-state index is 9.62. The number of nitrogens with two attached hydrogens (primary N) is 1. The molecule has 5 heteroatoms. The van der Waals surface area contributed by atoms with E-state index in [0.717, 1.165) is 22.3 Å². The van der Waals surface area contributed by atoms with E-state index in [-0.39, 0.29) is 5.82 Å². The molecular formula is C20H16ClN3O. The number of aromatic nitrogens is 1. The van der Waals surface area contributed by atoms with Crippen molar-refractivity contribution in [3.05, 3.63) is 64.7 Å². The first-order valence-corrected chi connectivity index (χ1v) is 8.04. The SMILES string of the molecule is COc1ccccc1-c1c(C)c(-c2ccc(Cl)cc2)nc(N)c1C#N. The first kappa shape index (κ1) is 16.8. The van der Waals surface area contributed by atoms with Gasteiger partial charge in [-0.2, -0.15) is 5.26 Å². The van der Waals surface area contributed by atoms with Gasteiger partial charge >= 0.3 is 0 Å². The van der Waals surface area contributed by atoms with E-state index in [2.05, 4.69) is 11.1 Å². The molecule has 0 aliphatic heterocycles. The van der Waals surface area contributed by atoms with Crippen molar-refractivity contribution >= 4 is 17.4 Å². The van der Waals surface area contributed by atoms with Gasteiger partial charge in [0.05, 0.1) is 12.8 Å². The maximum Gasteiger partial charge on any atom is 0.142 e. The number of nitriles is 1. The summed E-state index contributed by atoms with van der Waals surface area (Å²) < 4.78 is 5.47. The van der Waals surface area contributed by atoms with Gasteiger partial charge < -0.3 is 10.5 Å². The minimum absolute atomic E-state index is 0.193. The van der Waals surface area contributed by atoms with Crippen LogP contribution in [0.1, 0.15) is 11.1 Å². The number of pyridine rings is 1. The molecule has 0 unspecified atom stereocenters. The minimum Gasteiger partial charge on any atom is -0.496 e. The van der Waals surface area contributed by atoms with E-state index in [1.165, 1.54) is 0 Å². The zero-order chi connectivity index (χ0) is 18.0. The maximum absolute atomic E-state index is 9.62. The summed E-state index contributed by atoms with van der Waals surface area (Å²) in [7, 11) is 1.60. The normalized spacial score (nSPS) is 10.3. The number of methoxy groups -OCH3 is 1. The number of ether oxygens (including phenoxy) is 1. The number of halogens is 1. The Morgan fingerprint density at radius 1 is 1.12 bits per heavy atom.